The van der Waals surface area contributed by atoms with Crippen molar-refractivity contribution >= 4 is 23.2 Å². The summed E-state index contributed by atoms with van der Waals surface area (Å²) in [5.41, 5.74) is 0.739. The summed E-state index contributed by atoms with van der Waals surface area (Å²) in [4.78, 5) is 3.93. The minimum Gasteiger partial charge on any atom is -0.342 e. The first-order chi connectivity index (χ1) is 10.6. The standard InChI is InChI=1S/C13H13Cl2N3O2.C2H4/c1-9-5-19-13(20-9,6-18-8-16-7-17-18)11-3-2-10(14)4-12(11)15;1-2/h2-4,7-9H,5-6H2,1H3;1-2H2. The predicted molar refractivity (Wildman–Crippen MR) is 85.9 cm³/mol. The highest BCUT2D eigenvalue weighted by molar-refractivity contribution is 6.35. The quantitative estimate of drug-likeness (QED) is 0.799. The van der Waals surface area contributed by atoms with E-state index in [2.05, 4.69) is 23.2 Å². The van der Waals surface area contributed by atoms with Gasteiger partial charge in [0.05, 0.1) is 17.7 Å². The summed E-state index contributed by atoms with van der Waals surface area (Å²) in [6, 6.07) is 5.26. The first-order valence-corrected chi connectivity index (χ1v) is 7.44. The Hall–Kier alpha value is -1.40. The van der Waals surface area contributed by atoms with Gasteiger partial charge in [-0.2, -0.15) is 5.10 Å². The molecule has 118 valence electrons. The van der Waals surface area contributed by atoms with E-state index >= 15 is 0 Å². The van der Waals surface area contributed by atoms with Crippen LogP contribution in [0.25, 0.3) is 0 Å². The van der Waals surface area contributed by atoms with Gasteiger partial charge in [-0.3, -0.25) is 0 Å². The van der Waals surface area contributed by atoms with E-state index in [9.17, 15) is 0 Å². The Morgan fingerprint density at radius 3 is 2.73 bits per heavy atom. The Morgan fingerprint density at radius 1 is 1.41 bits per heavy atom. The molecule has 2 aromatic rings. The van der Waals surface area contributed by atoms with Gasteiger partial charge in [-0.15, -0.1) is 13.2 Å². The van der Waals surface area contributed by atoms with Crippen molar-refractivity contribution in [2.45, 2.75) is 25.4 Å². The summed E-state index contributed by atoms with van der Waals surface area (Å²) < 4.78 is 13.5. The highest BCUT2D eigenvalue weighted by Crippen LogP contribution is 2.40. The second kappa shape index (κ2) is 7.24. The van der Waals surface area contributed by atoms with Crippen LogP contribution in [0, 0.1) is 0 Å². The van der Waals surface area contributed by atoms with Crippen molar-refractivity contribution in [3.63, 3.8) is 0 Å². The van der Waals surface area contributed by atoms with Crippen LogP contribution < -0.4 is 0 Å². The number of ether oxygens (including phenoxy) is 2. The number of nitrogens with zero attached hydrogens (tertiary/aromatic N) is 3. The van der Waals surface area contributed by atoms with E-state index in [1.165, 1.54) is 6.33 Å². The maximum atomic E-state index is 6.30. The number of hydrogen-bond acceptors (Lipinski definition) is 4. The molecule has 0 spiro atoms. The Morgan fingerprint density at radius 2 is 2.18 bits per heavy atom. The second-order valence-corrected chi connectivity index (χ2v) is 5.55. The highest BCUT2D eigenvalue weighted by Gasteiger charge is 2.44. The van der Waals surface area contributed by atoms with E-state index in [-0.39, 0.29) is 6.10 Å². The summed E-state index contributed by atoms with van der Waals surface area (Å²) in [7, 11) is 0. The Bertz CT molecular complexity index is 621. The Labute approximate surface area is 139 Å². The van der Waals surface area contributed by atoms with Gasteiger partial charge >= 0.3 is 0 Å². The molecule has 3 rings (SSSR count). The molecule has 0 N–H and O–H groups in total. The fraction of sp³-hybridized carbons (Fsp3) is 0.333. The van der Waals surface area contributed by atoms with Gasteiger partial charge in [0, 0.05) is 10.6 Å². The molecule has 2 heterocycles. The molecule has 0 saturated carbocycles. The van der Waals surface area contributed by atoms with Gasteiger partial charge in [-0.05, 0) is 19.1 Å². The summed E-state index contributed by atoms with van der Waals surface area (Å²) >= 11 is 12.2. The SMILES string of the molecule is C=C.CC1COC(Cn2cncn2)(c2ccc(Cl)cc2Cl)O1. The van der Waals surface area contributed by atoms with Crippen molar-refractivity contribution in [2.75, 3.05) is 6.61 Å². The van der Waals surface area contributed by atoms with Crippen LogP contribution in [-0.2, 0) is 21.8 Å². The lowest BCUT2D eigenvalue weighted by molar-refractivity contribution is -0.186. The van der Waals surface area contributed by atoms with Gasteiger partial charge in [0.25, 0.3) is 0 Å². The van der Waals surface area contributed by atoms with Gasteiger partial charge < -0.3 is 9.47 Å². The number of halogens is 2. The molecule has 0 amide bonds. The molecular weight excluding hydrogens is 325 g/mol. The van der Waals surface area contributed by atoms with E-state index in [1.54, 1.807) is 23.1 Å². The molecule has 0 radical (unpaired) electrons. The van der Waals surface area contributed by atoms with Crippen LogP contribution in [0.4, 0.5) is 0 Å². The smallest absolute Gasteiger partial charge is 0.217 e. The van der Waals surface area contributed by atoms with E-state index in [1.807, 2.05) is 13.0 Å². The van der Waals surface area contributed by atoms with E-state index in [0.717, 1.165) is 5.56 Å². The number of aromatic nitrogens is 3. The predicted octanol–water partition coefficient (Wildman–Crippen LogP) is 3.68. The van der Waals surface area contributed by atoms with E-state index < -0.39 is 5.79 Å². The molecule has 1 fully saturated rings. The maximum Gasteiger partial charge on any atom is 0.217 e. The average Bonchev–Trinajstić information content (AvgIpc) is 3.12. The third-order valence-electron chi connectivity index (χ3n) is 3.12. The molecule has 0 aliphatic carbocycles. The fourth-order valence-corrected chi connectivity index (χ4v) is 2.83. The van der Waals surface area contributed by atoms with Crippen molar-refractivity contribution < 1.29 is 9.47 Å². The maximum absolute atomic E-state index is 6.30. The lowest BCUT2D eigenvalue weighted by Gasteiger charge is -2.29. The topological polar surface area (TPSA) is 49.2 Å². The van der Waals surface area contributed by atoms with E-state index in [0.29, 0.717) is 23.2 Å². The van der Waals surface area contributed by atoms with Crippen LogP contribution >= 0.6 is 23.2 Å². The van der Waals surface area contributed by atoms with Gasteiger partial charge in [-0.1, -0.05) is 29.3 Å². The van der Waals surface area contributed by atoms with Crippen LogP contribution in [0.2, 0.25) is 10.0 Å². The number of benzene rings is 1. The normalized spacial score (nSPS) is 23.9. The Kier molecular flexibility index (Phi) is 5.58. The lowest BCUT2D eigenvalue weighted by atomic mass is 10.1. The van der Waals surface area contributed by atoms with Gasteiger partial charge in [0.1, 0.15) is 19.2 Å². The van der Waals surface area contributed by atoms with Crippen molar-refractivity contribution in [2.24, 2.45) is 0 Å². The first-order valence-electron chi connectivity index (χ1n) is 6.69. The van der Waals surface area contributed by atoms with Crippen molar-refractivity contribution in [3.05, 3.63) is 59.6 Å². The molecule has 7 heteroatoms. The zero-order chi connectivity index (χ0) is 16.2. The van der Waals surface area contributed by atoms with Crippen molar-refractivity contribution in [1.82, 2.24) is 14.8 Å². The van der Waals surface area contributed by atoms with Crippen molar-refractivity contribution in [1.29, 1.82) is 0 Å². The molecule has 1 aliphatic rings. The highest BCUT2D eigenvalue weighted by atomic mass is 35.5. The third kappa shape index (κ3) is 3.50. The molecule has 0 bridgehead atoms. The van der Waals surface area contributed by atoms with Crippen LogP contribution in [0.1, 0.15) is 12.5 Å². The molecule has 5 nitrogen and oxygen atoms in total. The average molecular weight is 342 g/mol. The van der Waals surface area contributed by atoms with Crippen LogP contribution in [0.5, 0.6) is 0 Å². The number of hydrogen-bond donors (Lipinski definition) is 0. The van der Waals surface area contributed by atoms with Gasteiger partial charge in [-0.25, -0.2) is 9.67 Å². The van der Waals surface area contributed by atoms with Gasteiger partial charge in [0.2, 0.25) is 5.79 Å². The Balaban J connectivity index is 0.000000847. The second-order valence-electron chi connectivity index (χ2n) is 4.71. The molecule has 22 heavy (non-hydrogen) atoms. The molecular formula is C15H17Cl2N3O2. The summed E-state index contributed by atoms with van der Waals surface area (Å²) in [5, 5.41) is 5.18. The van der Waals surface area contributed by atoms with E-state index in [4.69, 9.17) is 32.7 Å². The van der Waals surface area contributed by atoms with Crippen LogP contribution in [0.3, 0.4) is 0 Å². The summed E-state index contributed by atoms with van der Waals surface area (Å²) in [6.07, 6.45) is 3.06. The molecule has 1 aliphatic heterocycles. The van der Waals surface area contributed by atoms with Crippen molar-refractivity contribution in [3.8, 4) is 0 Å². The third-order valence-corrected chi connectivity index (χ3v) is 3.67. The largest absolute Gasteiger partial charge is 0.342 e. The molecule has 1 saturated heterocycles. The molecule has 1 aromatic heterocycles. The summed E-state index contributed by atoms with van der Waals surface area (Å²) in [5.74, 6) is -0.964. The summed E-state index contributed by atoms with van der Waals surface area (Å²) in [6.45, 7) is 8.82. The first kappa shape index (κ1) is 17.0. The lowest BCUT2D eigenvalue weighted by Crippen LogP contribution is -2.34. The zero-order valence-electron chi connectivity index (χ0n) is 12.2. The molecule has 2 unspecified atom stereocenters. The monoisotopic (exact) mass is 341 g/mol. The number of rotatable bonds is 3. The minimum absolute atomic E-state index is 0.0229. The zero-order valence-corrected chi connectivity index (χ0v) is 13.7. The molecule has 1 aromatic carbocycles. The van der Waals surface area contributed by atoms with Gasteiger partial charge in [0.15, 0.2) is 0 Å². The van der Waals surface area contributed by atoms with Crippen LogP contribution in [0.15, 0.2) is 44.0 Å². The fourth-order valence-electron chi connectivity index (χ4n) is 2.28. The van der Waals surface area contributed by atoms with Crippen LogP contribution in [-0.4, -0.2) is 27.5 Å². The molecule has 2 atom stereocenters. The minimum atomic E-state index is -0.964.